The molecular formula is C7H11N3O4. The van der Waals surface area contributed by atoms with E-state index in [0.717, 1.165) is 0 Å². The number of rotatable bonds is 3. The van der Waals surface area contributed by atoms with E-state index in [4.69, 9.17) is 10.6 Å². The van der Waals surface area contributed by atoms with E-state index in [2.05, 4.69) is 0 Å². The van der Waals surface area contributed by atoms with Crippen LogP contribution in [0.5, 0.6) is 0 Å². The Morgan fingerprint density at radius 3 is 2.71 bits per heavy atom. The van der Waals surface area contributed by atoms with Gasteiger partial charge in [-0.3, -0.25) is 25.5 Å². The second-order valence-corrected chi connectivity index (χ2v) is 2.85. The van der Waals surface area contributed by atoms with Crippen molar-refractivity contribution < 1.29 is 19.1 Å². The van der Waals surface area contributed by atoms with Crippen molar-refractivity contribution >= 4 is 17.8 Å². The molecule has 7 heteroatoms. The molecule has 0 aliphatic carbocycles. The van der Waals surface area contributed by atoms with Gasteiger partial charge in [0.25, 0.3) is 11.6 Å². The highest BCUT2D eigenvalue weighted by molar-refractivity contribution is 6.08. The van der Waals surface area contributed by atoms with E-state index in [0.29, 0.717) is 0 Å². The Morgan fingerprint density at radius 1 is 1.71 bits per heavy atom. The van der Waals surface area contributed by atoms with Gasteiger partial charge in [0.05, 0.1) is 6.42 Å². The Kier molecular flexibility index (Phi) is 2.82. The van der Waals surface area contributed by atoms with Gasteiger partial charge in [-0.15, -0.1) is 0 Å². The van der Waals surface area contributed by atoms with Crippen LogP contribution in [-0.4, -0.2) is 23.5 Å². The van der Waals surface area contributed by atoms with Crippen molar-refractivity contribution in [2.75, 3.05) is 0 Å². The van der Waals surface area contributed by atoms with Gasteiger partial charge in [-0.05, 0) is 0 Å². The molecule has 1 fully saturated rings. The lowest BCUT2D eigenvalue weighted by Crippen LogP contribution is -2.57. The van der Waals surface area contributed by atoms with Crippen molar-refractivity contribution in [2.45, 2.75) is 25.5 Å². The van der Waals surface area contributed by atoms with E-state index in [1.807, 2.05) is 10.7 Å². The van der Waals surface area contributed by atoms with E-state index >= 15 is 0 Å². The topological polar surface area (TPSA) is 111 Å². The molecule has 4 N–H and O–H groups in total. The number of hydrogen-bond acceptors (Lipinski definition) is 6. The zero-order valence-corrected chi connectivity index (χ0v) is 7.62. The SMILES string of the molecule is CCC(=O)OC1(NN)CC(=O)NC1=O. The summed E-state index contributed by atoms with van der Waals surface area (Å²) in [4.78, 5) is 33.1. The maximum atomic E-state index is 11.2. The van der Waals surface area contributed by atoms with Crippen molar-refractivity contribution in [3.63, 3.8) is 0 Å². The van der Waals surface area contributed by atoms with Crippen LogP contribution in [0.1, 0.15) is 19.8 Å². The third-order valence-corrected chi connectivity index (χ3v) is 1.84. The van der Waals surface area contributed by atoms with Crippen LogP contribution in [0.25, 0.3) is 0 Å². The Balaban J connectivity index is 2.81. The zero-order valence-electron chi connectivity index (χ0n) is 7.62. The highest BCUT2D eigenvalue weighted by Crippen LogP contribution is 2.18. The van der Waals surface area contributed by atoms with Gasteiger partial charge in [0.1, 0.15) is 0 Å². The highest BCUT2D eigenvalue weighted by atomic mass is 16.6. The Morgan fingerprint density at radius 2 is 2.36 bits per heavy atom. The second kappa shape index (κ2) is 3.72. The molecule has 1 unspecified atom stereocenters. The smallest absolute Gasteiger partial charge is 0.307 e. The molecule has 0 aromatic carbocycles. The van der Waals surface area contributed by atoms with Crippen LogP contribution in [0.15, 0.2) is 0 Å². The highest BCUT2D eigenvalue weighted by Gasteiger charge is 2.49. The van der Waals surface area contributed by atoms with Gasteiger partial charge < -0.3 is 4.74 Å². The summed E-state index contributed by atoms with van der Waals surface area (Å²) < 4.78 is 4.77. The molecule has 1 saturated heterocycles. The van der Waals surface area contributed by atoms with Gasteiger partial charge in [-0.25, -0.2) is 5.43 Å². The van der Waals surface area contributed by atoms with Gasteiger partial charge >= 0.3 is 5.97 Å². The van der Waals surface area contributed by atoms with E-state index in [-0.39, 0.29) is 12.8 Å². The fourth-order valence-electron chi connectivity index (χ4n) is 1.07. The van der Waals surface area contributed by atoms with Crippen LogP contribution in [-0.2, 0) is 19.1 Å². The monoisotopic (exact) mass is 201 g/mol. The first-order valence-corrected chi connectivity index (χ1v) is 4.08. The van der Waals surface area contributed by atoms with Crippen LogP contribution in [0.4, 0.5) is 0 Å². The molecule has 1 heterocycles. The molecule has 1 aliphatic rings. The molecule has 1 atom stereocenters. The molecule has 0 aromatic heterocycles. The predicted octanol–water partition coefficient (Wildman–Crippen LogP) is -1.85. The Hall–Kier alpha value is -1.47. The molecule has 0 radical (unpaired) electrons. The zero-order chi connectivity index (χ0) is 10.8. The molecule has 0 bridgehead atoms. The normalized spacial score (nSPS) is 26.1. The lowest BCUT2D eigenvalue weighted by Gasteiger charge is -2.23. The second-order valence-electron chi connectivity index (χ2n) is 2.85. The lowest BCUT2D eigenvalue weighted by atomic mass is 10.2. The molecule has 2 amide bonds. The molecule has 0 aromatic rings. The molecule has 1 rings (SSSR count). The summed E-state index contributed by atoms with van der Waals surface area (Å²) >= 11 is 0. The number of carbonyl (C=O) groups excluding carboxylic acids is 3. The molecule has 78 valence electrons. The van der Waals surface area contributed by atoms with Crippen LogP contribution < -0.4 is 16.6 Å². The third-order valence-electron chi connectivity index (χ3n) is 1.84. The number of imide groups is 1. The van der Waals surface area contributed by atoms with E-state index in [9.17, 15) is 14.4 Å². The lowest BCUT2D eigenvalue weighted by molar-refractivity contribution is -0.169. The number of nitrogens with one attached hydrogen (secondary N) is 2. The summed E-state index contributed by atoms with van der Waals surface area (Å²) in [6, 6.07) is 0. The summed E-state index contributed by atoms with van der Waals surface area (Å²) in [7, 11) is 0. The number of nitrogens with two attached hydrogens (primary N) is 1. The molecular weight excluding hydrogens is 190 g/mol. The van der Waals surface area contributed by atoms with Gasteiger partial charge in [0.15, 0.2) is 0 Å². The van der Waals surface area contributed by atoms with E-state index in [1.165, 1.54) is 0 Å². The van der Waals surface area contributed by atoms with Crippen LogP contribution in [0.3, 0.4) is 0 Å². The van der Waals surface area contributed by atoms with Gasteiger partial charge in [-0.2, -0.15) is 0 Å². The minimum Gasteiger partial charge on any atom is -0.432 e. The van der Waals surface area contributed by atoms with Crippen molar-refractivity contribution in [3.8, 4) is 0 Å². The molecule has 1 aliphatic heterocycles. The first-order valence-electron chi connectivity index (χ1n) is 4.08. The summed E-state index contributed by atoms with van der Waals surface area (Å²) in [5, 5.41) is 1.99. The molecule has 0 saturated carbocycles. The standard InChI is InChI=1S/C7H11N3O4/c1-2-5(12)14-7(10-8)3-4(11)9-6(7)13/h10H,2-3,8H2,1H3,(H,9,11,13). The first-order chi connectivity index (χ1) is 6.54. The van der Waals surface area contributed by atoms with Crippen LogP contribution in [0.2, 0.25) is 0 Å². The maximum absolute atomic E-state index is 11.2. The molecule has 0 spiro atoms. The largest absolute Gasteiger partial charge is 0.432 e. The average molecular weight is 201 g/mol. The summed E-state index contributed by atoms with van der Waals surface area (Å²) in [6.45, 7) is 1.57. The Bertz CT molecular complexity index is 291. The van der Waals surface area contributed by atoms with Crippen molar-refractivity contribution in [1.82, 2.24) is 10.7 Å². The van der Waals surface area contributed by atoms with Gasteiger partial charge in [-0.1, -0.05) is 6.92 Å². The summed E-state index contributed by atoms with van der Waals surface area (Å²) in [5.74, 6) is 3.21. The number of esters is 1. The van der Waals surface area contributed by atoms with E-state index in [1.54, 1.807) is 6.92 Å². The van der Waals surface area contributed by atoms with Gasteiger partial charge in [0, 0.05) is 6.42 Å². The Labute approximate surface area is 79.9 Å². The summed E-state index contributed by atoms with van der Waals surface area (Å²) in [6.07, 6.45) is -0.195. The summed E-state index contributed by atoms with van der Waals surface area (Å²) in [5.41, 5.74) is 0.315. The van der Waals surface area contributed by atoms with Crippen LogP contribution in [0, 0.1) is 0 Å². The average Bonchev–Trinajstić information content (AvgIpc) is 2.42. The molecule has 7 nitrogen and oxygen atoms in total. The number of amides is 2. The van der Waals surface area contributed by atoms with Gasteiger partial charge in [0.2, 0.25) is 5.91 Å². The third kappa shape index (κ3) is 1.73. The van der Waals surface area contributed by atoms with Crippen molar-refractivity contribution in [3.05, 3.63) is 0 Å². The minimum absolute atomic E-state index is 0.102. The number of ether oxygens (including phenoxy) is 1. The quantitative estimate of drug-likeness (QED) is 0.162. The van der Waals surface area contributed by atoms with Crippen LogP contribution >= 0.6 is 0 Å². The first kappa shape index (κ1) is 10.6. The fourth-order valence-corrected chi connectivity index (χ4v) is 1.07. The maximum Gasteiger partial charge on any atom is 0.307 e. The predicted molar refractivity (Wildman–Crippen MR) is 44.2 cm³/mol. The van der Waals surface area contributed by atoms with Crippen molar-refractivity contribution in [2.24, 2.45) is 5.84 Å². The minimum atomic E-state index is -1.73. The fraction of sp³-hybridized carbons (Fsp3) is 0.571. The number of carbonyl (C=O) groups is 3. The number of hydrazine groups is 1. The number of hydrogen-bond donors (Lipinski definition) is 3. The van der Waals surface area contributed by atoms with E-state index < -0.39 is 23.5 Å². The molecule has 14 heavy (non-hydrogen) atoms. The van der Waals surface area contributed by atoms with Crippen molar-refractivity contribution in [1.29, 1.82) is 0 Å².